The van der Waals surface area contributed by atoms with Crippen molar-refractivity contribution in [1.82, 2.24) is 0 Å². The second kappa shape index (κ2) is 22.5. The van der Waals surface area contributed by atoms with Crippen LogP contribution < -0.4 is 30.3 Å². The van der Waals surface area contributed by atoms with E-state index >= 15 is 0 Å². The summed E-state index contributed by atoms with van der Waals surface area (Å²) in [5.41, 5.74) is 3.12. The molecule has 0 unspecified atom stereocenters. The number of anilines is 2. The van der Waals surface area contributed by atoms with E-state index in [-0.39, 0.29) is 94.6 Å². The first-order chi connectivity index (χ1) is 25.0. The van der Waals surface area contributed by atoms with Gasteiger partial charge in [0.2, 0.25) is 0 Å². The van der Waals surface area contributed by atoms with Crippen LogP contribution in [0.5, 0.6) is 11.5 Å². The predicted molar refractivity (Wildman–Crippen MR) is 211 cm³/mol. The largest absolute Gasteiger partial charge is 2.00 e. The SMILES string of the molecule is C.C.COc1cccc(-c2ccc(NC(=O)C3=C(C(=O)[O-])CCC3)c(F)c2)c1.COc1cccc(-c2ccc(NC(=O)C3=C(C(=O)[O-])CCC3)c(F)c2)c1.O.[Ca+2].[H-].[H-]. The number of carbonyl (C=O) groups excluding carboxylic acids is 4. The van der Waals surface area contributed by atoms with E-state index < -0.39 is 35.4 Å². The Hall–Kier alpha value is -5.08. The van der Waals surface area contributed by atoms with Crippen molar-refractivity contribution in [1.29, 1.82) is 0 Å². The Bertz CT molecular complexity index is 1980. The summed E-state index contributed by atoms with van der Waals surface area (Å²) in [6.07, 6.45) is 2.43. The van der Waals surface area contributed by atoms with Crippen LogP contribution in [0, 0.1) is 11.6 Å². The van der Waals surface area contributed by atoms with Crippen LogP contribution in [-0.4, -0.2) is 81.2 Å². The van der Waals surface area contributed by atoms with Gasteiger partial charge in [0, 0.05) is 11.1 Å². The summed E-state index contributed by atoms with van der Waals surface area (Å²) in [4.78, 5) is 46.7. The molecule has 2 aliphatic carbocycles. The Balaban J connectivity index is 0. The number of aliphatic carboxylic acids is 2. The summed E-state index contributed by atoms with van der Waals surface area (Å²) in [5, 5.41) is 27.0. The molecule has 6 rings (SSSR count). The van der Waals surface area contributed by atoms with Crippen LogP contribution in [0.15, 0.2) is 107 Å². The molecular weight excluding hydrogens is 755 g/mol. The molecule has 4 aromatic rings. The maximum atomic E-state index is 14.4. The molecule has 296 valence electrons. The van der Waals surface area contributed by atoms with Crippen LogP contribution in [0.3, 0.4) is 0 Å². The molecule has 0 aliphatic heterocycles. The minimum absolute atomic E-state index is 0. The third kappa shape index (κ3) is 12.0. The normalized spacial score (nSPS) is 12.6. The van der Waals surface area contributed by atoms with E-state index in [1.54, 1.807) is 62.8 Å². The zero-order valence-corrected chi connectivity index (χ0v) is 31.8. The number of ether oxygens (including phenoxy) is 2. The number of methoxy groups -OCH3 is 2. The van der Waals surface area contributed by atoms with E-state index in [1.165, 1.54) is 24.3 Å². The average molecular weight is 801 g/mol. The molecule has 4 aromatic carbocycles. The Morgan fingerprint density at radius 1 is 0.571 bits per heavy atom. The van der Waals surface area contributed by atoms with Crippen LogP contribution in [0.1, 0.15) is 56.2 Å². The van der Waals surface area contributed by atoms with Crippen molar-refractivity contribution in [3.05, 3.63) is 119 Å². The monoisotopic (exact) mass is 800 g/mol. The van der Waals surface area contributed by atoms with Gasteiger partial charge in [-0.2, -0.15) is 0 Å². The number of carboxylic acids is 2. The third-order valence-corrected chi connectivity index (χ3v) is 8.72. The van der Waals surface area contributed by atoms with Gasteiger partial charge < -0.3 is 48.2 Å². The van der Waals surface area contributed by atoms with Crippen LogP contribution in [0.4, 0.5) is 20.2 Å². The van der Waals surface area contributed by atoms with Gasteiger partial charge in [0.05, 0.1) is 37.5 Å². The Kier molecular flexibility index (Phi) is 19.6. The molecule has 56 heavy (non-hydrogen) atoms. The summed E-state index contributed by atoms with van der Waals surface area (Å²) in [7, 11) is 3.11. The number of nitrogens with one attached hydrogen (secondary N) is 2. The van der Waals surface area contributed by atoms with Crippen molar-refractivity contribution in [3.63, 3.8) is 0 Å². The summed E-state index contributed by atoms with van der Waals surface area (Å²) in [5.74, 6) is -3.79. The quantitative estimate of drug-likeness (QED) is 0.193. The second-order valence-electron chi connectivity index (χ2n) is 12.0. The molecule has 0 atom stereocenters. The number of carbonyl (C=O) groups is 4. The number of hydrogen-bond acceptors (Lipinski definition) is 8. The number of hydrogen-bond donors (Lipinski definition) is 2. The van der Waals surface area contributed by atoms with E-state index in [4.69, 9.17) is 9.47 Å². The number of halogens is 2. The molecule has 14 heteroatoms. The summed E-state index contributed by atoms with van der Waals surface area (Å²) < 4.78 is 39.2. The second-order valence-corrected chi connectivity index (χ2v) is 12.0. The number of carboxylic acid groups (broad SMARTS) is 2. The molecule has 11 nitrogen and oxygen atoms in total. The van der Waals surface area contributed by atoms with E-state index in [0.29, 0.717) is 61.2 Å². The maximum Gasteiger partial charge on any atom is 2.00 e. The zero-order valence-electron chi connectivity index (χ0n) is 31.6. The van der Waals surface area contributed by atoms with Crippen molar-refractivity contribution >= 4 is 72.9 Å². The van der Waals surface area contributed by atoms with Gasteiger partial charge >= 0.3 is 37.7 Å². The van der Waals surface area contributed by atoms with Crippen molar-refractivity contribution in [2.24, 2.45) is 0 Å². The number of amides is 2. The van der Waals surface area contributed by atoms with Gasteiger partial charge in [-0.25, -0.2) is 8.78 Å². The third-order valence-electron chi connectivity index (χ3n) is 8.72. The van der Waals surface area contributed by atoms with Crippen LogP contribution in [0.2, 0.25) is 0 Å². The molecule has 0 spiro atoms. The molecule has 0 saturated heterocycles. The fourth-order valence-corrected chi connectivity index (χ4v) is 6.03. The smallest absolute Gasteiger partial charge is 1.00 e. The molecule has 0 saturated carbocycles. The van der Waals surface area contributed by atoms with Crippen LogP contribution in [-0.2, 0) is 19.2 Å². The molecule has 0 fully saturated rings. The minimum Gasteiger partial charge on any atom is -1.00 e. The predicted octanol–water partition coefficient (Wildman–Crippen LogP) is 5.63. The molecule has 4 N–H and O–H groups in total. The van der Waals surface area contributed by atoms with Gasteiger partial charge in [0.15, 0.2) is 0 Å². The number of benzene rings is 4. The first-order valence-corrected chi connectivity index (χ1v) is 16.4. The van der Waals surface area contributed by atoms with Crippen molar-refractivity contribution in [2.75, 3.05) is 24.9 Å². The van der Waals surface area contributed by atoms with E-state index in [0.717, 1.165) is 11.1 Å². The fourth-order valence-electron chi connectivity index (χ4n) is 6.03. The molecule has 2 amide bonds. The Labute approximate surface area is 357 Å². The van der Waals surface area contributed by atoms with Crippen molar-refractivity contribution in [3.8, 4) is 33.8 Å². The maximum absolute atomic E-state index is 14.4. The van der Waals surface area contributed by atoms with Gasteiger partial charge in [-0.3, -0.25) is 9.59 Å². The van der Waals surface area contributed by atoms with Gasteiger partial charge in [0.1, 0.15) is 23.1 Å². The van der Waals surface area contributed by atoms with E-state index in [9.17, 15) is 38.2 Å². The minimum atomic E-state index is -1.35. The fraction of sp³-hybridized carbons (Fsp3) is 0.238. The number of rotatable bonds is 10. The van der Waals surface area contributed by atoms with Crippen LogP contribution in [0.25, 0.3) is 22.3 Å². The van der Waals surface area contributed by atoms with Gasteiger partial charge in [-0.1, -0.05) is 51.3 Å². The van der Waals surface area contributed by atoms with Gasteiger partial charge in [0.25, 0.3) is 11.8 Å². The van der Waals surface area contributed by atoms with Crippen molar-refractivity contribution < 1.29 is 56.0 Å². The summed E-state index contributed by atoms with van der Waals surface area (Å²) >= 11 is 0. The molecule has 0 heterocycles. The Morgan fingerprint density at radius 2 is 0.911 bits per heavy atom. The first kappa shape index (κ1) is 48.9. The standard InChI is InChI=1S/2C20H18FNO4.2CH4.Ca.H2O.2H/c2*1-26-14-5-2-4-12(10-14)13-8-9-18(17(21)11-13)22-19(23)15-6-3-7-16(15)20(24)25;;;;;;/h2*2,4-5,8-11H,3,6-7H2,1H3,(H,22,23)(H,24,25);2*1H4;;1H2;;/q;;;;+2;;2*-1/p-2. The summed E-state index contributed by atoms with van der Waals surface area (Å²) in [6.45, 7) is 0. The van der Waals surface area contributed by atoms with Crippen molar-refractivity contribution in [2.45, 2.75) is 53.4 Å². The van der Waals surface area contributed by atoms with E-state index in [1.807, 2.05) is 12.1 Å². The Morgan fingerprint density at radius 3 is 1.23 bits per heavy atom. The summed E-state index contributed by atoms with van der Waals surface area (Å²) in [6, 6.07) is 23.3. The molecule has 0 aromatic heterocycles. The molecule has 0 radical (unpaired) electrons. The van der Waals surface area contributed by atoms with Crippen LogP contribution >= 0.6 is 0 Å². The van der Waals surface area contributed by atoms with Gasteiger partial charge in [-0.15, -0.1) is 0 Å². The zero-order chi connectivity index (χ0) is 37.4. The topological polar surface area (TPSA) is 188 Å². The molecule has 2 aliphatic rings. The first-order valence-electron chi connectivity index (χ1n) is 16.4. The van der Waals surface area contributed by atoms with E-state index in [2.05, 4.69) is 10.6 Å². The van der Waals surface area contributed by atoms with Gasteiger partial charge in [-0.05, 0) is 120 Å². The molecular formula is C42H46CaF2N2O9-2. The molecule has 0 bridgehead atoms. The average Bonchev–Trinajstić information content (AvgIpc) is 3.85.